The molecule has 19 heavy (non-hydrogen) atoms. The minimum atomic E-state index is -0.537. The summed E-state index contributed by atoms with van der Waals surface area (Å²) in [6.45, 7) is 4.67. The molecule has 0 spiro atoms. The summed E-state index contributed by atoms with van der Waals surface area (Å²) in [5.74, 6) is 1.18. The van der Waals surface area contributed by atoms with Gasteiger partial charge in [0.2, 0.25) is 5.91 Å². The topological polar surface area (TPSA) is 73.6 Å². The zero-order valence-electron chi connectivity index (χ0n) is 11.0. The number of carbonyl (C=O) groups excluding carboxylic acids is 1. The van der Waals surface area contributed by atoms with E-state index < -0.39 is 5.54 Å². The molecule has 1 amide bonds. The van der Waals surface area contributed by atoms with Crippen molar-refractivity contribution in [3.63, 3.8) is 0 Å². The summed E-state index contributed by atoms with van der Waals surface area (Å²) in [4.78, 5) is 11.9. The average Bonchev–Trinajstić information content (AvgIpc) is 2.27. The summed E-state index contributed by atoms with van der Waals surface area (Å²) < 4.78 is 11.7. The van der Waals surface area contributed by atoms with Gasteiger partial charge in [0.15, 0.2) is 11.5 Å². The first-order chi connectivity index (χ1) is 8.85. The van der Waals surface area contributed by atoms with Crippen LogP contribution in [0.15, 0.2) is 16.6 Å². The summed E-state index contributed by atoms with van der Waals surface area (Å²) in [7, 11) is 0. The average molecular weight is 329 g/mol. The highest BCUT2D eigenvalue weighted by Crippen LogP contribution is 2.38. The number of fused-ring (bicyclic) bond motifs is 1. The molecule has 6 heteroatoms. The number of nitrogens with two attached hydrogens (primary N) is 1. The number of rotatable bonds is 3. The minimum Gasteiger partial charge on any atom is -0.486 e. The van der Waals surface area contributed by atoms with Crippen LogP contribution >= 0.6 is 15.9 Å². The van der Waals surface area contributed by atoms with E-state index in [0.717, 1.165) is 4.47 Å². The van der Waals surface area contributed by atoms with Crippen LogP contribution in [0, 0.1) is 0 Å². The molecule has 104 valence electrons. The summed E-state index contributed by atoms with van der Waals surface area (Å²) in [5.41, 5.74) is 5.94. The maximum absolute atomic E-state index is 11.9. The Balaban J connectivity index is 2.14. The van der Waals surface area contributed by atoms with Gasteiger partial charge < -0.3 is 20.5 Å². The fourth-order valence-electron chi connectivity index (χ4n) is 1.77. The largest absolute Gasteiger partial charge is 0.486 e. The van der Waals surface area contributed by atoms with Crippen molar-refractivity contribution >= 4 is 27.5 Å². The SMILES string of the molecule is CC(C)(N)CC(=O)Nc1cc2c(cc1Br)OCCO2. The lowest BCUT2D eigenvalue weighted by atomic mass is 10.0. The fraction of sp³-hybridized carbons (Fsp3) is 0.462. The lowest BCUT2D eigenvalue weighted by Crippen LogP contribution is -2.36. The second-order valence-electron chi connectivity index (χ2n) is 5.19. The van der Waals surface area contributed by atoms with Gasteiger partial charge in [-0.3, -0.25) is 4.79 Å². The molecular weight excluding hydrogens is 312 g/mol. The van der Waals surface area contributed by atoms with Gasteiger partial charge in [0.1, 0.15) is 13.2 Å². The molecule has 0 saturated heterocycles. The molecule has 0 aromatic heterocycles. The molecule has 3 N–H and O–H groups in total. The second kappa shape index (κ2) is 5.38. The van der Waals surface area contributed by atoms with Gasteiger partial charge in [-0.2, -0.15) is 0 Å². The normalized spacial score (nSPS) is 14.1. The van der Waals surface area contributed by atoms with Crippen molar-refractivity contribution in [1.29, 1.82) is 0 Å². The maximum Gasteiger partial charge on any atom is 0.226 e. The lowest BCUT2D eigenvalue weighted by molar-refractivity contribution is -0.117. The first kappa shape index (κ1) is 14.1. The molecule has 0 bridgehead atoms. The highest BCUT2D eigenvalue weighted by molar-refractivity contribution is 9.10. The summed E-state index contributed by atoms with van der Waals surface area (Å²) in [5, 5.41) is 2.82. The lowest BCUT2D eigenvalue weighted by Gasteiger charge is -2.21. The number of hydrogen-bond acceptors (Lipinski definition) is 4. The Morgan fingerprint density at radius 1 is 1.37 bits per heavy atom. The number of halogens is 1. The summed E-state index contributed by atoms with van der Waals surface area (Å²) in [6.07, 6.45) is 0.244. The van der Waals surface area contributed by atoms with Gasteiger partial charge in [-0.25, -0.2) is 0 Å². The Morgan fingerprint density at radius 3 is 2.53 bits per heavy atom. The summed E-state index contributed by atoms with van der Waals surface area (Å²) >= 11 is 3.40. The van der Waals surface area contributed by atoms with Gasteiger partial charge in [0.25, 0.3) is 0 Å². The van der Waals surface area contributed by atoms with E-state index in [1.807, 2.05) is 13.8 Å². The molecule has 0 fully saturated rings. The molecular formula is C13H17BrN2O3. The fourth-order valence-corrected chi connectivity index (χ4v) is 2.19. The molecule has 0 atom stereocenters. The van der Waals surface area contributed by atoms with Crippen LogP contribution in [-0.4, -0.2) is 24.7 Å². The van der Waals surface area contributed by atoms with E-state index in [-0.39, 0.29) is 12.3 Å². The highest BCUT2D eigenvalue weighted by Gasteiger charge is 2.19. The Bertz CT molecular complexity index is 497. The maximum atomic E-state index is 11.9. The van der Waals surface area contributed by atoms with Crippen molar-refractivity contribution < 1.29 is 14.3 Å². The number of amides is 1. The molecule has 1 aromatic rings. The third-order valence-corrected chi connectivity index (χ3v) is 3.18. The Morgan fingerprint density at radius 2 is 1.95 bits per heavy atom. The predicted octanol–water partition coefficient (Wildman–Crippen LogP) is 2.29. The van der Waals surface area contributed by atoms with Crippen molar-refractivity contribution in [2.24, 2.45) is 5.73 Å². The molecule has 1 aliphatic heterocycles. The van der Waals surface area contributed by atoms with E-state index in [9.17, 15) is 4.79 Å². The first-order valence-electron chi connectivity index (χ1n) is 6.03. The molecule has 2 rings (SSSR count). The number of hydrogen-bond donors (Lipinski definition) is 2. The zero-order valence-corrected chi connectivity index (χ0v) is 12.5. The van der Waals surface area contributed by atoms with Crippen LogP contribution in [0.2, 0.25) is 0 Å². The van der Waals surface area contributed by atoms with E-state index in [1.54, 1.807) is 12.1 Å². The van der Waals surface area contributed by atoms with Crippen molar-refractivity contribution in [1.82, 2.24) is 0 Å². The third kappa shape index (κ3) is 3.84. The van der Waals surface area contributed by atoms with Crippen molar-refractivity contribution in [2.75, 3.05) is 18.5 Å². The Labute approximate surface area is 120 Å². The molecule has 0 aliphatic carbocycles. The van der Waals surface area contributed by atoms with Crippen molar-refractivity contribution in [3.05, 3.63) is 16.6 Å². The van der Waals surface area contributed by atoms with Crippen LogP contribution < -0.4 is 20.5 Å². The number of nitrogens with one attached hydrogen (secondary N) is 1. The van der Waals surface area contributed by atoms with E-state index >= 15 is 0 Å². The van der Waals surface area contributed by atoms with Gasteiger partial charge in [0, 0.05) is 28.6 Å². The van der Waals surface area contributed by atoms with Crippen LogP contribution in [0.3, 0.4) is 0 Å². The van der Waals surface area contributed by atoms with E-state index in [1.165, 1.54) is 0 Å². The van der Waals surface area contributed by atoms with Crippen LogP contribution in [-0.2, 0) is 4.79 Å². The summed E-state index contributed by atoms with van der Waals surface area (Å²) in [6, 6.07) is 3.54. The second-order valence-corrected chi connectivity index (χ2v) is 6.04. The molecule has 1 heterocycles. The molecule has 5 nitrogen and oxygen atoms in total. The van der Waals surface area contributed by atoms with Gasteiger partial charge in [-0.05, 0) is 29.8 Å². The molecule has 1 aliphatic rings. The molecule has 0 radical (unpaired) electrons. The monoisotopic (exact) mass is 328 g/mol. The van der Waals surface area contributed by atoms with Crippen molar-refractivity contribution in [3.8, 4) is 11.5 Å². The number of carbonyl (C=O) groups is 1. The van der Waals surface area contributed by atoms with E-state index in [2.05, 4.69) is 21.2 Å². The molecule has 1 aromatic carbocycles. The van der Waals surface area contributed by atoms with E-state index in [0.29, 0.717) is 30.4 Å². The number of benzene rings is 1. The van der Waals surface area contributed by atoms with Gasteiger partial charge in [-0.15, -0.1) is 0 Å². The van der Waals surface area contributed by atoms with Crippen molar-refractivity contribution in [2.45, 2.75) is 25.8 Å². The van der Waals surface area contributed by atoms with E-state index in [4.69, 9.17) is 15.2 Å². The first-order valence-corrected chi connectivity index (χ1v) is 6.82. The Kier molecular flexibility index (Phi) is 4.01. The van der Waals surface area contributed by atoms with Crippen LogP contribution in [0.4, 0.5) is 5.69 Å². The highest BCUT2D eigenvalue weighted by atomic mass is 79.9. The standard InChI is InChI=1S/C13H17BrN2O3/c1-13(2,15)7-12(17)16-9-6-11-10(5-8(9)14)18-3-4-19-11/h5-6H,3-4,7,15H2,1-2H3,(H,16,17). The minimum absolute atomic E-state index is 0.134. The Hall–Kier alpha value is -1.27. The molecule has 0 saturated carbocycles. The van der Waals surface area contributed by atoms with Crippen LogP contribution in [0.25, 0.3) is 0 Å². The quantitative estimate of drug-likeness (QED) is 0.892. The molecule has 0 unspecified atom stereocenters. The third-order valence-electron chi connectivity index (χ3n) is 2.52. The number of ether oxygens (including phenoxy) is 2. The number of anilines is 1. The zero-order chi connectivity index (χ0) is 14.0. The van der Waals surface area contributed by atoms with Gasteiger partial charge >= 0.3 is 0 Å². The van der Waals surface area contributed by atoms with Gasteiger partial charge in [-0.1, -0.05) is 0 Å². The van der Waals surface area contributed by atoms with Gasteiger partial charge in [0.05, 0.1) is 5.69 Å². The predicted molar refractivity (Wildman–Crippen MR) is 76.6 cm³/mol. The smallest absolute Gasteiger partial charge is 0.226 e. The van der Waals surface area contributed by atoms with Crippen LogP contribution in [0.5, 0.6) is 11.5 Å². The van der Waals surface area contributed by atoms with Crippen LogP contribution in [0.1, 0.15) is 20.3 Å².